The highest BCUT2D eigenvalue weighted by atomic mass is 35.5. The molecule has 0 aliphatic rings. The highest BCUT2D eigenvalue weighted by molar-refractivity contribution is 7.84. The number of hydrogen-bond donors (Lipinski definition) is 1. The van der Waals surface area contributed by atoms with Crippen LogP contribution in [0, 0.1) is 0 Å². The van der Waals surface area contributed by atoms with E-state index in [0.717, 1.165) is 0 Å². The zero-order valence-electron chi connectivity index (χ0n) is 3.44. The van der Waals surface area contributed by atoms with Crippen molar-refractivity contribution in [3.8, 4) is 0 Å². The molecule has 8 heavy (non-hydrogen) atoms. The van der Waals surface area contributed by atoms with Crippen LogP contribution in [0.4, 0.5) is 0 Å². The normalized spacial score (nSPS) is 8.62. The van der Waals surface area contributed by atoms with Crippen LogP contribution in [-0.4, -0.2) is 19.1 Å². The molecule has 0 aliphatic heterocycles. The largest absolute Gasteiger partial charge is 0.388 e. The molecular weight excluding hydrogens is 158 g/mol. The van der Waals surface area contributed by atoms with E-state index in [4.69, 9.17) is 9.35 Å². The number of carbonyl (C=O) groups excluding carboxylic acids is 1. The molecule has 0 rings (SSSR count). The monoisotopic (exact) mass is 159 g/mol. The van der Waals surface area contributed by atoms with Crippen LogP contribution in [0.25, 0.3) is 0 Å². The van der Waals surface area contributed by atoms with E-state index in [1.54, 1.807) is 0 Å². The van der Waals surface area contributed by atoms with Crippen LogP contribution in [0.15, 0.2) is 4.40 Å². The second-order valence-electron chi connectivity index (χ2n) is 0.630. The minimum absolute atomic E-state index is 0. The summed E-state index contributed by atoms with van der Waals surface area (Å²) in [6.07, 6.45) is 0.645. The topological polar surface area (TPSA) is 83.8 Å². The molecule has 0 unspecified atom stereocenters. The van der Waals surface area contributed by atoms with Gasteiger partial charge in [-0.3, -0.25) is 4.55 Å². The second kappa shape index (κ2) is 3.57. The molecule has 0 heterocycles. The van der Waals surface area contributed by atoms with Gasteiger partial charge in [-0.1, -0.05) is 4.40 Å². The van der Waals surface area contributed by atoms with E-state index in [2.05, 4.69) is 0 Å². The van der Waals surface area contributed by atoms with Gasteiger partial charge >= 0.3 is 10.3 Å². The van der Waals surface area contributed by atoms with Gasteiger partial charge in [0.15, 0.2) is 0 Å². The number of halogens is 1. The van der Waals surface area contributed by atoms with Crippen molar-refractivity contribution in [2.45, 2.75) is 0 Å². The van der Waals surface area contributed by atoms with Crippen molar-refractivity contribution in [1.82, 2.24) is 0 Å². The molecule has 0 atom stereocenters. The standard InChI is InChI=1S/CHNO4S.ClH/c3-1-2-7(4,5)6;/h(H,4,5,6);1H. The van der Waals surface area contributed by atoms with Gasteiger partial charge < -0.3 is 0 Å². The SMILES string of the molecule is Cl.O=C=NS(=O)(=O)O. The molecule has 0 aromatic heterocycles. The van der Waals surface area contributed by atoms with Crippen LogP contribution < -0.4 is 0 Å². The third-order valence-electron chi connectivity index (χ3n) is 0.153. The first-order chi connectivity index (χ1) is 3.06. The summed E-state index contributed by atoms with van der Waals surface area (Å²) < 4.78 is 28.3. The Balaban J connectivity index is 0. The van der Waals surface area contributed by atoms with Gasteiger partial charge in [0.05, 0.1) is 0 Å². The molecule has 0 spiro atoms. The average Bonchev–Trinajstić information content (AvgIpc) is 1.30. The van der Waals surface area contributed by atoms with E-state index in [-0.39, 0.29) is 12.4 Å². The maximum atomic E-state index is 9.36. The summed E-state index contributed by atoms with van der Waals surface area (Å²) in [5.74, 6) is 0. The van der Waals surface area contributed by atoms with Crippen molar-refractivity contribution >= 4 is 28.8 Å². The fourth-order valence-electron chi connectivity index (χ4n) is 0.0471. The van der Waals surface area contributed by atoms with Gasteiger partial charge in [-0.2, -0.15) is 8.42 Å². The molecule has 0 saturated heterocycles. The van der Waals surface area contributed by atoms with E-state index in [0.29, 0.717) is 6.08 Å². The van der Waals surface area contributed by atoms with E-state index >= 15 is 0 Å². The van der Waals surface area contributed by atoms with Gasteiger partial charge in [0.1, 0.15) is 0 Å². The van der Waals surface area contributed by atoms with Crippen LogP contribution in [0.1, 0.15) is 0 Å². The number of hydrogen-bond acceptors (Lipinski definition) is 3. The molecule has 1 N–H and O–H groups in total. The van der Waals surface area contributed by atoms with Crippen molar-refractivity contribution in [3.63, 3.8) is 0 Å². The maximum absolute atomic E-state index is 9.36. The van der Waals surface area contributed by atoms with Gasteiger partial charge in [-0.15, -0.1) is 12.4 Å². The Morgan fingerprint density at radius 2 is 1.88 bits per heavy atom. The van der Waals surface area contributed by atoms with Crippen molar-refractivity contribution in [1.29, 1.82) is 0 Å². The molecule has 0 radical (unpaired) electrons. The lowest BCUT2D eigenvalue weighted by molar-refractivity contribution is 0.484. The Morgan fingerprint density at radius 1 is 1.50 bits per heavy atom. The van der Waals surface area contributed by atoms with E-state index in [1.165, 1.54) is 0 Å². The van der Waals surface area contributed by atoms with Crippen molar-refractivity contribution in [3.05, 3.63) is 0 Å². The third kappa shape index (κ3) is 9.13. The van der Waals surface area contributed by atoms with Gasteiger partial charge in [-0.05, 0) is 0 Å². The van der Waals surface area contributed by atoms with E-state index < -0.39 is 10.3 Å². The maximum Gasteiger partial charge on any atom is 0.388 e. The summed E-state index contributed by atoms with van der Waals surface area (Å²) in [4.78, 5) is 8.99. The Hall–Kier alpha value is -0.420. The average molecular weight is 160 g/mol. The van der Waals surface area contributed by atoms with Gasteiger partial charge in [0.2, 0.25) is 0 Å². The minimum atomic E-state index is -4.47. The summed E-state index contributed by atoms with van der Waals surface area (Å²) in [6.45, 7) is 0. The zero-order valence-corrected chi connectivity index (χ0v) is 5.07. The van der Waals surface area contributed by atoms with Crippen molar-refractivity contribution in [2.75, 3.05) is 0 Å². The summed E-state index contributed by atoms with van der Waals surface area (Å²) in [5, 5.41) is 0. The van der Waals surface area contributed by atoms with Gasteiger partial charge in [0.25, 0.3) is 6.08 Å². The lowest BCUT2D eigenvalue weighted by atomic mass is 11.7. The van der Waals surface area contributed by atoms with Gasteiger partial charge in [0, 0.05) is 0 Å². The molecule has 0 amide bonds. The first-order valence-electron chi connectivity index (χ1n) is 1.13. The van der Waals surface area contributed by atoms with Gasteiger partial charge in [-0.25, -0.2) is 4.79 Å². The highest BCUT2D eigenvalue weighted by Crippen LogP contribution is 1.75. The Kier molecular flexibility index (Phi) is 4.70. The lowest BCUT2D eigenvalue weighted by Crippen LogP contribution is -1.87. The second-order valence-corrected chi connectivity index (χ2v) is 1.71. The molecule has 48 valence electrons. The van der Waals surface area contributed by atoms with Crippen molar-refractivity contribution < 1.29 is 17.8 Å². The predicted octanol–water partition coefficient (Wildman–Crippen LogP) is -0.453. The van der Waals surface area contributed by atoms with Crippen LogP contribution in [0.2, 0.25) is 0 Å². The number of isocyanates is 1. The predicted molar refractivity (Wildman–Crippen MR) is 26.9 cm³/mol. The smallest absolute Gasteiger partial charge is 0.267 e. The highest BCUT2D eigenvalue weighted by Gasteiger charge is 1.93. The zero-order chi connectivity index (χ0) is 5.91. The first-order valence-corrected chi connectivity index (χ1v) is 2.52. The van der Waals surface area contributed by atoms with Crippen LogP contribution in [0.5, 0.6) is 0 Å². The molecule has 0 bridgehead atoms. The van der Waals surface area contributed by atoms with E-state index in [1.807, 2.05) is 4.40 Å². The lowest BCUT2D eigenvalue weighted by Gasteiger charge is -1.70. The Morgan fingerprint density at radius 3 is 1.88 bits per heavy atom. The molecule has 0 saturated carbocycles. The van der Waals surface area contributed by atoms with Crippen LogP contribution in [-0.2, 0) is 15.1 Å². The van der Waals surface area contributed by atoms with Crippen LogP contribution >= 0.6 is 12.4 Å². The molecule has 0 aromatic carbocycles. The minimum Gasteiger partial charge on any atom is -0.267 e. The Bertz CT molecular complexity index is 188. The summed E-state index contributed by atoms with van der Waals surface area (Å²) in [5.41, 5.74) is 0. The third-order valence-corrected chi connectivity index (χ3v) is 0.458. The molecule has 0 aromatic rings. The number of nitrogens with zero attached hydrogens (tertiary/aromatic N) is 1. The Labute approximate surface area is 51.7 Å². The van der Waals surface area contributed by atoms with Crippen LogP contribution in [0.3, 0.4) is 0 Å². The fourth-order valence-corrected chi connectivity index (χ4v) is 0.141. The quantitative estimate of drug-likeness (QED) is 0.319. The summed E-state index contributed by atoms with van der Waals surface area (Å²) in [7, 11) is -4.47. The first kappa shape index (κ1) is 10.5. The molecule has 5 nitrogen and oxygen atoms in total. The summed E-state index contributed by atoms with van der Waals surface area (Å²) in [6, 6.07) is 0. The number of rotatable bonds is 1. The fraction of sp³-hybridized carbons (Fsp3) is 0. The molecule has 0 aliphatic carbocycles. The molecule has 0 fully saturated rings. The van der Waals surface area contributed by atoms with E-state index in [9.17, 15) is 8.42 Å². The van der Waals surface area contributed by atoms with Crippen molar-refractivity contribution in [2.24, 2.45) is 4.40 Å². The molecule has 7 heteroatoms. The molecular formula is CH2ClNO4S. The summed E-state index contributed by atoms with van der Waals surface area (Å²) >= 11 is 0.